The summed E-state index contributed by atoms with van der Waals surface area (Å²) in [5.74, 6) is 0.301. The number of benzene rings is 2. The molecule has 0 fully saturated rings. The average molecular weight is 459 g/mol. The lowest BCUT2D eigenvalue weighted by Crippen LogP contribution is -2.26. The van der Waals surface area contributed by atoms with Crippen LogP contribution in [0.4, 0.5) is 11.8 Å². The highest BCUT2D eigenvalue weighted by Crippen LogP contribution is 2.28. The second-order valence-electron chi connectivity index (χ2n) is 7.61. The highest BCUT2D eigenvalue weighted by Gasteiger charge is 2.20. The summed E-state index contributed by atoms with van der Waals surface area (Å²) in [5.41, 5.74) is 7.07. The Bertz CT molecular complexity index is 1630. The molecule has 0 aliphatic carbocycles. The fourth-order valence-electron chi connectivity index (χ4n) is 3.98. The number of aromatic nitrogens is 4. The number of nitrogens with two attached hydrogens (primary N) is 1. The van der Waals surface area contributed by atoms with Crippen molar-refractivity contribution in [2.24, 2.45) is 0 Å². The van der Waals surface area contributed by atoms with Gasteiger partial charge in [-0.3, -0.25) is 14.2 Å². The van der Waals surface area contributed by atoms with Gasteiger partial charge in [0, 0.05) is 23.6 Å². The van der Waals surface area contributed by atoms with E-state index in [1.165, 1.54) is 12.3 Å². The van der Waals surface area contributed by atoms with Gasteiger partial charge in [0.25, 0.3) is 5.56 Å². The lowest BCUT2D eigenvalue weighted by atomic mass is 10.1. The lowest BCUT2D eigenvalue weighted by molar-refractivity contribution is 0.774. The Kier molecular flexibility index (Phi) is 5.07. The van der Waals surface area contributed by atoms with E-state index < -0.39 is 6.04 Å². The van der Waals surface area contributed by atoms with Crippen LogP contribution in [-0.2, 0) is 0 Å². The van der Waals surface area contributed by atoms with Crippen LogP contribution in [0.5, 0.6) is 0 Å². The van der Waals surface area contributed by atoms with Gasteiger partial charge < -0.3 is 16.0 Å². The molecule has 0 saturated heterocycles. The molecule has 0 spiro atoms. The first-order chi connectivity index (χ1) is 15.9. The summed E-state index contributed by atoms with van der Waals surface area (Å²) in [6.07, 6.45) is 1.50. The van der Waals surface area contributed by atoms with Crippen LogP contribution < -0.4 is 22.0 Å². The molecule has 0 radical (unpaired) electrons. The predicted octanol–water partition coefficient (Wildman–Crippen LogP) is 4.03. The van der Waals surface area contributed by atoms with Gasteiger partial charge in [-0.1, -0.05) is 41.9 Å². The Morgan fingerprint density at radius 3 is 2.61 bits per heavy atom. The molecule has 33 heavy (non-hydrogen) atoms. The molecule has 0 aliphatic heterocycles. The summed E-state index contributed by atoms with van der Waals surface area (Å²) in [4.78, 5) is 37.4. The Labute approximate surface area is 192 Å². The van der Waals surface area contributed by atoms with Crippen molar-refractivity contribution in [1.82, 2.24) is 19.5 Å². The average Bonchev–Trinajstić information content (AvgIpc) is 2.79. The van der Waals surface area contributed by atoms with Gasteiger partial charge in [-0.25, -0.2) is 0 Å². The molecule has 0 unspecified atom stereocenters. The Balaban J connectivity index is 1.73. The molecule has 9 heteroatoms. The van der Waals surface area contributed by atoms with Gasteiger partial charge in [0.05, 0.1) is 16.5 Å². The smallest absolute Gasteiger partial charge is 0.264 e. The number of nitrogens with zero attached hydrogens (tertiary/aromatic N) is 3. The lowest BCUT2D eigenvalue weighted by Gasteiger charge is -2.22. The maximum atomic E-state index is 13.6. The van der Waals surface area contributed by atoms with Crippen molar-refractivity contribution in [3.8, 4) is 5.69 Å². The van der Waals surface area contributed by atoms with E-state index in [1.54, 1.807) is 16.7 Å². The van der Waals surface area contributed by atoms with Crippen LogP contribution in [-0.4, -0.2) is 19.5 Å². The van der Waals surface area contributed by atoms with E-state index in [0.717, 1.165) is 0 Å². The van der Waals surface area contributed by atoms with Crippen LogP contribution in [0.3, 0.4) is 0 Å². The molecule has 0 amide bonds. The van der Waals surface area contributed by atoms with Crippen molar-refractivity contribution in [3.63, 3.8) is 0 Å². The minimum Gasteiger partial charge on any atom is -0.368 e. The SMILES string of the molecule is C[C@H](Nc1nc(N)nc2[nH]ccc(=O)c12)c1cc2cccc(Cl)c2c(=O)n1-c1ccccc1. The van der Waals surface area contributed by atoms with Crippen molar-refractivity contribution < 1.29 is 0 Å². The molecule has 5 rings (SSSR count). The largest absolute Gasteiger partial charge is 0.368 e. The molecule has 4 N–H and O–H groups in total. The van der Waals surface area contributed by atoms with E-state index in [4.69, 9.17) is 17.3 Å². The second-order valence-corrected chi connectivity index (χ2v) is 8.02. The standard InChI is InChI=1S/C24H19ClN6O2/c1-13(28-22-20-18(32)10-11-27-21(20)29-24(26)30-22)17-12-14-6-5-9-16(25)19(14)23(33)31(17)15-7-3-2-4-8-15/h2-13H,1H3,(H4,26,27,28,29,30,32)/t13-/m0/s1. The summed E-state index contributed by atoms with van der Waals surface area (Å²) in [7, 11) is 0. The van der Waals surface area contributed by atoms with E-state index in [2.05, 4.69) is 20.3 Å². The number of rotatable bonds is 4. The third-order valence-corrected chi connectivity index (χ3v) is 5.78. The van der Waals surface area contributed by atoms with Gasteiger partial charge >= 0.3 is 0 Å². The normalized spacial score (nSPS) is 12.2. The number of hydrogen-bond donors (Lipinski definition) is 3. The zero-order valence-electron chi connectivity index (χ0n) is 17.5. The van der Waals surface area contributed by atoms with Crippen LogP contribution in [0.15, 0.2) is 76.4 Å². The first-order valence-electron chi connectivity index (χ1n) is 10.2. The molecular formula is C24H19ClN6O2. The van der Waals surface area contributed by atoms with Crippen LogP contribution in [0.1, 0.15) is 18.7 Å². The molecule has 1 atom stereocenters. The molecule has 0 bridgehead atoms. The summed E-state index contributed by atoms with van der Waals surface area (Å²) >= 11 is 6.39. The minimum absolute atomic E-state index is 0.0183. The number of anilines is 2. The Morgan fingerprint density at radius 2 is 1.82 bits per heavy atom. The summed E-state index contributed by atoms with van der Waals surface area (Å²) in [6, 6.07) is 17.5. The maximum Gasteiger partial charge on any atom is 0.264 e. The number of para-hydroxylation sites is 1. The molecule has 3 heterocycles. The number of nitrogens with one attached hydrogen (secondary N) is 2. The first-order valence-corrected chi connectivity index (χ1v) is 10.6. The Hall–Kier alpha value is -4.17. The van der Waals surface area contributed by atoms with Crippen LogP contribution in [0, 0.1) is 0 Å². The van der Waals surface area contributed by atoms with Crippen molar-refractivity contribution in [2.75, 3.05) is 11.1 Å². The molecule has 8 nitrogen and oxygen atoms in total. The number of nitrogen functional groups attached to an aromatic ring is 1. The molecule has 0 aliphatic rings. The second kappa shape index (κ2) is 8.07. The maximum absolute atomic E-state index is 13.6. The van der Waals surface area contributed by atoms with E-state index >= 15 is 0 Å². The number of halogens is 1. The first kappa shape index (κ1) is 20.7. The number of fused-ring (bicyclic) bond motifs is 2. The number of H-pyrrole nitrogens is 1. The molecular weight excluding hydrogens is 440 g/mol. The summed E-state index contributed by atoms with van der Waals surface area (Å²) in [6.45, 7) is 1.88. The van der Waals surface area contributed by atoms with Crippen LogP contribution >= 0.6 is 11.6 Å². The number of pyridine rings is 2. The van der Waals surface area contributed by atoms with Gasteiger partial charge in [0.2, 0.25) is 5.95 Å². The molecule has 3 aromatic heterocycles. The zero-order valence-corrected chi connectivity index (χ0v) is 18.3. The van der Waals surface area contributed by atoms with E-state index in [9.17, 15) is 9.59 Å². The van der Waals surface area contributed by atoms with Crippen molar-refractivity contribution in [1.29, 1.82) is 0 Å². The third kappa shape index (κ3) is 3.60. The van der Waals surface area contributed by atoms with Gasteiger partial charge in [0.1, 0.15) is 16.9 Å². The monoisotopic (exact) mass is 458 g/mol. The van der Waals surface area contributed by atoms with Gasteiger partial charge in [-0.2, -0.15) is 9.97 Å². The summed E-state index contributed by atoms with van der Waals surface area (Å²) in [5, 5.41) is 5.08. The highest BCUT2D eigenvalue weighted by atomic mass is 35.5. The quantitative estimate of drug-likeness (QED) is 0.374. The van der Waals surface area contributed by atoms with Crippen LogP contribution in [0.2, 0.25) is 5.02 Å². The highest BCUT2D eigenvalue weighted by molar-refractivity contribution is 6.35. The van der Waals surface area contributed by atoms with Gasteiger partial charge in [-0.05, 0) is 36.6 Å². The fourth-order valence-corrected chi connectivity index (χ4v) is 4.24. The Morgan fingerprint density at radius 1 is 1.03 bits per heavy atom. The van der Waals surface area contributed by atoms with E-state index in [1.807, 2.05) is 49.4 Å². The predicted molar refractivity (Wildman–Crippen MR) is 131 cm³/mol. The van der Waals surface area contributed by atoms with E-state index in [-0.39, 0.29) is 28.1 Å². The zero-order chi connectivity index (χ0) is 23.1. The van der Waals surface area contributed by atoms with Crippen molar-refractivity contribution in [3.05, 3.63) is 98.2 Å². The van der Waals surface area contributed by atoms with Crippen molar-refractivity contribution in [2.45, 2.75) is 13.0 Å². The topological polar surface area (TPSA) is 119 Å². The van der Waals surface area contributed by atoms with Crippen molar-refractivity contribution >= 4 is 45.2 Å². The van der Waals surface area contributed by atoms with E-state index in [0.29, 0.717) is 32.8 Å². The summed E-state index contributed by atoms with van der Waals surface area (Å²) < 4.78 is 1.61. The third-order valence-electron chi connectivity index (χ3n) is 5.46. The molecule has 0 saturated carbocycles. The van der Waals surface area contributed by atoms with Gasteiger partial charge in [-0.15, -0.1) is 0 Å². The number of hydrogen-bond acceptors (Lipinski definition) is 6. The number of aromatic amines is 1. The van der Waals surface area contributed by atoms with Crippen LogP contribution in [0.25, 0.3) is 27.5 Å². The fraction of sp³-hybridized carbons (Fsp3) is 0.0833. The molecule has 164 valence electrons. The molecule has 2 aromatic carbocycles. The molecule has 5 aromatic rings. The van der Waals surface area contributed by atoms with Gasteiger partial charge in [0.15, 0.2) is 5.43 Å². The minimum atomic E-state index is -0.432.